The molecule has 1 heterocycles. The van der Waals surface area contributed by atoms with Crippen LogP contribution < -0.4 is 5.73 Å². The third-order valence-electron chi connectivity index (χ3n) is 2.12. The van der Waals surface area contributed by atoms with Gasteiger partial charge in [-0.25, -0.2) is 0 Å². The summed E-state index contributed by atoms with van der Waals surface area (Å²) in [6, 6.07) is 6.09. The molecule has 2 N–H and O–H groups in total. The predicted octanol–water partition coefficient (Wildman–Crippen LogP) is 3.81. The minimum Gasteiger partial charge on any atom is -0.399 e. The molecule has 1 aromatic carbocycles. The average molecular weight is 256 g/mol. The van der Waals surface area contributed by atoms with Crippen LogP contribution in [0.5, 0.6) is 0 Å². The van der Waals surface area contributed by atoms with E-state index in [9.17, 15) is 0 Å². The van der Waals surface area contributed by atoms with Crippen LogP contribution in [-0.4, -0.2) is 0 Å². The van der Waals surface area contributed by atoms with Crippen LogP contribution >= 0.6 is 27.3 Å². The molecule has 3 heteroatoms. The van der Waals surface area contributed by atoms with Gasteiger partial charge in [-0.1, -0.05) is 13.0 Å². The summed E-state index contributed by atoms with van der Waals surface area (Å²) in [4.78, 5) is 0. The van der Waals surface area contributed by atoms with E-state index < -0.39 is 0 Å². The first-order chi connectivity index (χ1) is 6.22. The fourth-order valence-electron chi connectivity index (χ4n) is 1.47. The molecule has 0 aliphatic carbocycles. The fraction of sp³-hybridized carbons (Fsp3) is 0.200. The smallest absolute Gasteiger partial charge is 0.0742 e. The molecule has 0 aliphatic rings. The highest BCUT2D eigenvalue weighted by atomic mass is 79.9. The third-order valence-corrected chi connectivity index (χ3v) is 4.07. The van der Waals surface area contributed by atoms with Gasteiger partial charge in [-0.2, -0.15) is 0 Å². The molecule has 1 aromatic heterocycles. The van der Waals surface area contributed by atoms with Gasteiger partial charge in [0.1, 0.15) is 0 Å². The van der Waals surface area contributed by atoms with Crippen molar-refractivity contribution in [1.82, 2.24) is 0 Å². The van der Waals surface area contributed by atoms with Crippen LogP contribution in [-0.2, 0) is 6.42 Å². The van der Waals surface area contributed by atoms with Crippen molar-refractivity contribution >= 4 is 43.0 Å². The van der Waals surface area contributed by atoms with Crippen LogP contribution in [0.2, 0.25) is 0 Å². The molecule has 1 nitrogen and oxygen atoms in total. The largest absolute Gasteiger partial charge is 0.399 e. The van der Waals surface area contributed by atoms with Gasteiger partial charge in [0.2, 0.25) is 0 Å². The number of nitrogens with two attached hydrogens (primary N) is 1. The standard InChI is InChI=1S/C10H10BrNS/c1-2-7-8-4-3-6(12)5-9(8)13-10(7)11/h3-5H,2,12H2,1H3. The molecule has 2 aromatic rings. The fourth-order valence-corrected chi connectivity index (χ4v) is 3.55. The number of hydrogen-bond acceptors (Lipinski definition) is 2. The normalized spacial score (nSPS) is 10.9. The molecule has 0 aliphatic heterocycles. The van der Waals surface area contributed by atoms with E-state index in [0.717, 1.165) is 12.1 Å². The van der Waals surface area contributed by atoms with Crippen molar-refractivity contribution in [2.45, 2.75) is 13.3 Å². The Labute approximate surface area is 89.7 Å². The molecular weight excluding hydrogens is 246 g/mol. The van der Waals surface area contributed by atoms with Crippen LogP contribution in [0.15, 0.2) is 22.0 Å². The number of halogens is 1. The van der Waals surface area contributed by atoms with Gasteiger partial charge in [-0.15, -0.1) is 11.3 Å². The lowest BCUT2D eigenvalue weighted by atomic mass is 10.1. The van der Waals surface area contributed by atoms with E-state index in [2.05, 4.69) is 28.9 Å². The van der Waals surface area contributed by atoms with Crippen molar-refractivity contribution in [2.75, 3.05) is 5.73 Å². The van der Waals surface area contributed by atoms with E-state index in [1.54, 1.807) is 11.3 Å². The van der Waals surface area contributed by atoms with Gasteiger partial charge in [0.25, 0.3) is 0 Å². The molecule has 0 saturated carbocycles. The number of anilines is 1. The summed E-state index contributed by atoms with van der Waals surface area (Å²) in [5.74, 6) is 0. The molecule has 0 bridgehead atoms. The highest BCUT2D eigenvalue weighted by Gasteiger charge is 2.07. The summed E-state index contributed by atoms with van der Waals surface area (Å²) in [5, 5.41) is 1.33. The van der Waals surface area contributed by atoms with Crippen molar-refractivity contribution in [3.05, 3.63) is 27.5 Å². The second-order valence-electron chi connectivity index (χ2n) is 2.96. The van der Waals surface area contributed by atoms with Crippen molar-refractivity contribution in [1.29, 1.82) is 0 Å². The van der Waals surface area contributed by atoms with E-state index in [-0.39, 0.29) is 0 Å². The zero-order chi connectivity index (χ0) is 9.42. The molecule has 13 heavy (non-hydrogen) atoms. The second-order valence-corrected chi connectivity index (χ2v) is 5.33. The summed E-state index contributed by atoms with van der Waals surface area (Å²) in [6.45, 7) is 2.17. The topological polar surface area (TPSA) is 26.0 Å². The van der Waals surface area contributed by atoms with E-state index >= 15 is 0 Å². The minimum absolute atomic E-state index is 0.837. The third kappa shape index (κ3) is 1.46. The zero-order valence-corrected chi connectivity index (χ0v) is 9.71. The summed E-state index contributed by atoms with van der Waals surface area (Å²) >= 11 is 5.33. The Morgan fingerprint density at radius 1 is 1.46 bits per heavy atom. The van der Waals surface area contributed by atoms with E-state index in [1.807, 2.05) is 12.1 Å². The SMILES string of the molecule is CCc1c(Br)sc2cc(N)ccc12. The maximum absolute atomic E-state index is 5.72. The monoisotopic (exact) mass is 255 g/mol. The summed E-state index contributed by atoms with van der Waals surface area (Å²) < 4.78 is 2.50. The van der Waals surface area contributed by atoms with Gasteiger partial charge in [0.15, 0.2) is 0 Å². The lowest BCUT2D eigenvalue weighted by Gasteiger charge is -1.95. The minimum atomic E-state index is 0.837. The predicted molar refractivity (Wildman–Crippen MR) is 63.3 cm³/mol. The van der Waals surface area contributed by atoms with Crippen LogP contribution in [0.3, 0.4) is 0 Å². The lowest BCUT2D eigenvalue weighted by molar-refractivity contribution is 1.16. The molecule has 0 amide bonds. The van der Waals surface area contributed by atoms with E-state index in [0.29, 0.717) is 0 Å². The molecule has 0 spiro atoms. The van der Waals surface area contributed by atoms with Gasteiger partial charge in [-0.05, 0) is 45.4 Å². The number of nitrogen functional groups attached to an aromatic ring is 1. The van der Waals surface area contributed by atoms with Crippen LogP contribution in [0.1, 0.15) is 12.5 Å². The molecule has 0 unspecified atom stereocenters. The second kappa shape index (κ2) is 3.31. The van der Waals surface area contributed by atoms with Crippen LogP contribution in [0.4, 0.5) is 5.69 Å². The molecule has 68 valence electrons. The number of thiophene rings is 1. The van der Waals surface area contributed by atoms with E-state index in [4.69, 9.17) is 5.73 Å². The molecule has 0 atom stereocenters. The van der Waals surface area contributed by atoms with Gasteiger partial charge in [-0.3, -0.25) is 0 Å². The van der Waals surface area contributed by atoms with Gasteiger partial charge in [0, 0.05) is 10.4 Å². The highest BCUT2D eigenvalue weighted by molar-refractivity contribution is 9.11. The molecule has 2 rings (SSSR count). The van der Waals surface area contributed by atoms with Gasteiger partial charge in [0.05, 0.1) is 3.79 Å². The maximum atomic E-state index is 5.72. The Bertz CT molecular complexity index is 447. The van der Waals surface area contributed by atoms with Crippen molar-refractivity contribution < 1.29 is 0 Å². The molecule has 0 radical (unpaired) electrons. The molecule has 0 fully saturated rings. The molecule has 0 saturated heterocycles. The maximum Gasteiger partial charge on any atom is 0.0742 e. The summed E-state index contributed by atoms with van der Waals surface area (Å²) in [6.07, 6.45) is 1.06. The Morgan fingerprint density at radius 3 is 2.92 bits per heavy atom. The van der Waals surface area contributed by atoms with Crippen LogP contribution in [0, 0.1) is 0 Å². The first-order valence-corrected chi connectivity index (χ1v) is 5.79. The number of benzene rings is 1. The Kier molecular flexibility index (Phi) is 2.30. The summed E-state index contributed by atoms with van der Waals surface area (Å²) in [7, 11) is 0. The van der Waals surface area contributed by atoms with Crippen molar-refractivity contribution in [3.63, 3.8) is 0 Å². The van der Waals surface area contributed by atoms with Crippen LogP contribution in [0.25, 0.3) is 10.1 Å². The summed E-state index contributed by atoms with van der Waals surface area (Å²) in [5.41, 5.74) is 7.94. The van der Waals surface area contributed by atoms with Crippen molar-refractivity contribution in [2.24, 2.45) is 0 Å². The highest BCUT2D eigenvalue weighted by Crippen LogP contribution is 2.36. The zero-order valence-electron chi connectivity index (χ0n) is 7.30. The average Bonchev–Trinajstić information content (AvgIpc) is 2.39. The van der Waals surface area contributed by atoms with Crippen molar-refractivity contribution in [3.8, 4) is 0 Å². The quantitative estimate of drug-likeness (QED) is 0.771. The Balaban J connectivity index is 2.79. The first kappa shape index (κ1) is 9.03. The van der Waals surface area contributed by atoms with Gasteiger partial charge >= 0.3 is 0 Å². The molecular formula is C10H10BrNS. The first-order valence-electron chi connectivity index (χ1n) is 4.18. The lowest BCUT2D eigenvalue weighted by Crippen LogP contribution is -1.82. The van der Waals surface area contributed by atoms with E-state index in [1.165, 1.54) is 19.4 Å². The number of rotatable bonds is 1. The number of hydrogen-bond donors (Lipinski definition) is 1. The number of aryl methyl sites for hydroxylation is 1. The number of fused-ring (bicyclic) bond motifs is 1. The van der Waals surface area contributed by atoms with Gasteiger partial charge < -0.3 is 5.73 Å². The Morgan fingerprint density at radius 2 is 2.23 bits per heavy atom. The Hall–Kier alpha value is -0.540.